The maximum Gasteiger partial charge on any atom is 0.243 e. The van der Waals surface area contributed by atoms with Crippen molar-refractivity contribution in [3.05, 3.63) is 137 Å². The van der Waals surface area contributed by atoms with E-state index in [9.17, 15) is 17.6 Å². The first kappa shape index (κ1) is 29.0. The van der Waals surface area contributed by atoms with Crippen molar-refractivity contribution < 1.29 is 17.6 Å². The monoisotopic (exact) mass is 591 g/mol. The second-order valence-electron chi connectivity index (χ2n) is 9.96. The van der Waals surface area contributed by atoms with Crippen LogP contribution < -0.4 is 0 Å². The lowest BCUT2D eigenvalue weighted by molar-refractivity contribution is -0.133. The lowest BCUT2D eigenvalue weighted by Crippen LogP contribution is -2.52. The molecule has 9 heteroatoms. The van der Waals surface area contributed by atoms with Crippen LogP contribution in [0.2, 0.25) is 5.02 Å². The van der Waals surface area contributed by atoms with Crippen LogP contribution in [0.5, 0.6) is 0 Å². The predicted molar refractivity (Wildman–Crippen MR) is 158 cm³/mol. The van der Waals surface area contributed by atoms with Gasteiger partial charge in [0.15, 0.2) is 0 Å². The number of carbonyl (C=O) groups is 1. The van der Waals surface area contributed by atoms with Crippen molar-refractivity contribution >= 4 is 27.5 Å². The quantitative estimate of drug-likeness (QED) is 0.254. The number of rotatable bonds is 9. The van der Waals surface area contributed by atoms with Gasteiger partial charge in [-0.05, 0) is 41.5 Å². The van der Waals surface area contributed by atoms with Gasteiger partial charge in [0.2, 0.25) is 15.9 Å². The number of amides is 1. The Labute approximate surface area is 245 Å². The van der Waals surface area contributed by atoms with Gasteiger partial charge in [-0.25, -0.2) is 12.8 Å². The van der Waals surface area contributed by atoms with Crippen molar-refractivity contribution in [2.75, 3.05) is 32.7 Å². The minimum atomic E-state index is -4.11. The summed E-state index contributed by atoms with van der Waals surface area (Å²) in [5.74, 6) is -0.854. The summed E-state index contributed by atoms with van der Waals surface area (Å²) < 4.78 is 42.8. The first-order valence-electron chi connectivity index (χ1n) is 13.4. The molecule has 6 nitrogen and oxygen atoms in total. The fourth-order valence-electron chi connectivity index (χ4n) is 5.16. The first-order valence-corrected chi connectivity index (χ1v) is 15.3. The molecule has 4 aromatic carbocycles. The van der Waals surface area contributed by atoms with Crippen molar-refractivity contribution in [2.45, 2.75) is 17.5 Å². The predicted octanol–water partition coefficient (Wildman–Crippen LogP) is 5.60. The Hall–Kier alpha value is -3.56. The van der Waals surface area contributed by atoms with Crippen LogP contribution in [0.1, 0.15) is 22.7 Å². The summed E-state index contributed by atoms with van der Waals surface area (Å²) in [6.45, 7) is 1.47. The summed E-state index contributed by atoms with van der Waals surface area (Å²) >= 11 is 5.97. The van der Waals surface area contributed by atoms with Crippen molar-refractivity contribution in [3.8, 4) is 0 Å². The fraction of sp³-hybridized carbons (Fsp3) is 0.219. The zero-order chi connectivity index (χ0) is 28.8. The van der Waals surface area contributed by atoms with Crippen LogP contribution in [0.3, 0.4) is 0 Å². The van der Waals surface area contributed by atoms with Gasteiger partial charge in [-0.2, -0.15) is 4.31 Å². The molecule has 0 saturated carbocycles. The molecule has 0 atom stereocenters. The molecule has 1 aliphatic heterocycles. The SMILES string of the molecule is O=C(CN(Cc1ccccc1F)S(=O)(=O)c1ccc(Cl)cc1)N1CCN(C(c2ccccc2)c2ccccc2)CC1. The standard InChI is InChI=1S/C32H31ClFN3O3S/c33-28-15-17-29(18-16-28)41(39,40)37(23-27-13-7-8-14-30(27)34)24-31(38)35-19-21-36(22-20-35)32(25-9-3-1-4-10-25)26-11-5-2-6-12-26/h1-18,32H,19-24H2. The van der Waals surface area contributed by atoms with E-state index in [2.05, 4.69) is 29.2 Å². The highest BCUT2D eigenvalue weighted by atomic mass is 35.5. The van der Waals surface area contributed by atoms with Gasteiger partial charge in [0, 0.05) is 43.3 Å². The molecule has 212 valence electrons. The highest BCUT2D eigenvalue weighted by molar-refractivity contribution is 7.89. The van der Waals surface area contributed by atoms with Gasteiger partial charge in [-0.3, -0.25) is 9.69 Å². The minimum Gasteiger partial charge on any atom is -0.339 e. The number of sulfonamides is 1. The van der Waals surface area contributed by atoms with Gasteiger partial charge in [0.1, 0.15) is 5.82 Å². The van der Waals surface area contributed by atoms with E-state index in [0.29, 0.717) is 31.2 Å². The number of halogens is 2. The normalized spacial score (nSPS) is 14.5. The van der Waals surface area contributed by atoms with Gasteiger partial charge < -0.3 is 4.90 Å². The largest absolute Gasteiger partial charge is 0.339 e. The van der Waals surface area contributed by atoms with E-state index in [4.69, 9.17) is 11.6 Å². The van der Waals surface area contributed by atoms with Crippen LogP contribution in [0, 0.1) is 5.82 Å². The molecule has 0 spiro atoms. The molecule has 0 N–H and O–H groups in total. The van der Waals surface area contributed by atoms with Gasteiger partial charge >= 0.3 is 0 Å². The molecule has 1 aliphatic rings. The van der Waals surface area contributed by atoms with Gasteiger partial charge in [-0.1, -0.05) is 90.5 Å². The molecule has 0 radical (unpaired) electrons. The van der Waals surface area contributed by atoms with E-state index in [1.165, 1.54) is 47.5 Å². The summed E-state index contributed by atoms with van der Waals surface area (Å²) in [7, 11) is -4.11. The highest BCUT2D eigenvalue weighted by Crippen LogP contribution is 2.30. The molecule has 5 rings (SSSR count). The number of carbonyl (C=O) groups excluding carboxylic acids is 1. The number of benzene rings is 4. The Morgan fingerprint density at radius 2 is 1.32 bits per heavy atom. The van der Waals surface area contributed by atoms with E-state index < -0.39 is 22.4 Å². The van der Waals surface area contributed by atoms with Crippen LogP contribution in [-0.4, -0.2) is 61.2 Å². The lowest BCUT2D eigenvalue weighted by atomic mass is 9.96. The van der Waals surface area contributed by atoms with E-state index in [-0.39, 0.29) is 29.0 Å². The maximum atomic E-state index is 14.5. The third-order valence-corrected chi connectivity index (χ3v) is 9.39. The van der Waals surface area contributed by atoms with Crippen LogP contribution in [0.15, 0.2) is 114 Å². The Bertz CT molecular complexity index is 1520. The number of nitrogens with zero attached hydrogens (tertiary/aromatic N) is 3. The Morgan fingerprint density at radius 3 is 1.88 bits per heavy atom. The third kappa shape index (κ3) is 6.85. The third-order valence-electron chi connectivity index (χ3n) is 7.33. The van der Waals surface area contributed by atoms with Crippen LogP contribution in [-0.2, 0) is 21.4 Å². The molecule has 0 unspecified atom stereocenters. The average Bonchev–Trinajstić information content (AvgIpc) is 2.99. The molecule has 1 heterocycles. The molecular formula is C32H31ClFN3O3S. The minimum absolute atomic E-state index is 0.00979. The molecule has 0 bridgehead atoms. The lowest BCUT2D eigenvalue weighted by Gasteiger charge is -2.40. The van der Waals surface area contributed by atoms with E-state index in [1.54, 1.807) is 17.0 Å². The van der Waals surface area contributed by atoms with Gasteiger partial charge in [0.05, 0.1) is 17.5 Å². The average molecular weight is 592 g/mol. The number of hydrogen-bond acceptors (Lipinski definition) is 4. The van der Waals surface area contributed by atoms with Crippen molar-refractivity contribution in [3.63, 3.8) is 0 Å². The van der Waals surface area contributed by atoms with Gasteiger partial charge in [-0.15, -0.1) is 0 Å². The summed E-state index contributed by atoms with van der Waals surface area (Å²) in [4.78, 5) is 17.5. The van der Waals surface area contributed by atoms with Crippen molar-refractivity contribution in [1.29, 1.82) is 0 Å². The summed E-state index contributed by atoms with van der Waals surface area (Å²) in [6.07, 6.45) is 0. The molecule has 1 amide bonds. The van der Waals surface area contributed by atoms with Crippen LogP contribution >= 0.6 is 11.6 Å². The zero-order valence-corrected chi connectivity index (χ0v) is 24.0. The Kier molecular flexibility index (Phi) is 9.15. The number of hydrogen-bond donors (Lipinski definition) is 0. The molecule has 0 aromatic heterocycles. The number of piperazine rings is 1. The molecular weight excluding hydrogens is 561 g/mol. The van der Waals surface area contributed by atoms with E-state index >= 15 is 0 Å². The van der Waals surface area contributed by atoms with Crippen LogP contribution in [0.25, 0.3) is 0 Å². The smallest absolute Gasteiger partial charge is 0.243 e. The topological polar surface area (TPSA) is 60.9 Å². The fourth-order valence-corrected chi connectivity index (χ4v) is 6.66. The molecule has 41 heavy (non-hydrogen) atoms. The Balaban J connectivity index is 1.33. The molecule has 0 aliphatic carbocycles. The highest BCUT2D eigenvalue weighted by Gasteiger charge is 2.32. The molecule has 4 aromatic rings. The zero-order valence-electron chi connectivity index (χ0n) is 22.4. The van der Waals surface area contributed by atoms with E-state index in [1.807, 2.05) is 36.4 Å². The second kappa shape index (κ2) is 13.0. The van der Waals surface area contributed by atoms with Crippen molar-refractivity contribution in [2.24, 2.45) is 0 Å². The molecule has 1 fully saturated rings. The van der Waals surface area contributed by atoms with Crippen LogP contribution in [0.4, 0.5) is 4.39 Å². The summed E-state index contributed by atoms with van der Waals surface area (Å²) in [5, 5.41) is 0.392. The Morgan fingerprint density at radius 1 is 0.780 bits per heavy atom. The van der Waals surface area contributed by atoms with E-state index in [0.717, 1.165) is 4.31 Å². The summed E-state index contributed by atoms with van der Waals surface area (Å²) in [6, 6.07) is 32.3. The first-order chi connectivity index (χ1) is 19.8. The van der Waals surface area contributed by atoms with Crippen molar-refractivity contribution in [1.82, 2.24) is 14.1 Å². The van der Waals surface area contributed by atoms with Gasteiger partial charge in [0.25, 0.3) is 0 Å². The summed E-state index contributed by atoms with van der Waals surface area (Å²) in [5.41, 5.74) is 2.53. The maximum absolute atomic E-state index is 14.5. The molecule has 1 saturated heterocycles. The second-order valence-corrected chi connectivity index (χ2v) is 12.3.